The normalized spacial score (nSPS) is 22.8. The van der Waals surface area contributed by atoms with E-state index in [-0.39, 0.29) is 35.9 Å². The molecule has 224 valence electrons. The summed E-state index contributed by atoms with van der Waals surface area (Å²) >= 11 is 0. The number of carbonyl (C=O) groups is 3. The molecule has 5 rings (SSSR count). The SMILES string of the molecule is CC(C)n1c(=O)n(C(=O)NC2C[C@H]3CC[C@@H](C2)N3CCCOC(=O)N2CCN(C(=O)N(C)C)CC2)c2ccccc21. The van der Waals surface area contributed by atoms with Crippen molar-refractivity contribution in [1.82, 2.24) is 34.1 Å². The van der Waals surface area contributed by atoms with Crippen LogP contribution in [0, 0.1) is 0 Å². The molecule has 1 aromatic carbocycles. The minimum Gasteiger partial charge on any atom is -0.449 e. The van der Waals surface area contributed by atoms with Crippen molar-refractivity contribution in [1.29, 1.82) is 0 Å². The Labute approximate surface area is 240 Å². The number of hydrogen-bond donors (Lipinski definition) is 1. The molecule has 12 heteroatoms. The number of para-hydroxylation sites is 2. The maximum Gasteiger partial charge on any atom is 0.409 e. The van der Waals surface area contributed by atoms with E-state index < -0.39 is 0 Å². The summed E-state index contributed by atoms with van der Waals surface area (Å²) in [5.41, 5.74) is 1.08. The Bertz CT molecular complexity index is 1310. The number of imidazole rings is 1. The Morgan fingerprint density at radius 3 is 2.20 bits per heavy atom. The molecule has 4 amide bonds. The summed E-state index contributed by atoms with van der Waals surface area (Å²) in [6, 6.07) is 7.73. The van der Waals surface area contributed by atoms with Gasteiger partial charge in [-0.3, -0.25) is 9.47 Å². The minimum atomic E-state index is -0.359. The molecule has 3 aliphatic rings. The summed E-state index contributed by atoms with van der Waals surface area (Å²) in [5.74, 6) is 0. The lowest BCUT2D eigenvalue weighted by atomic mass is 9.97. The van der Waals surface area contributed by atoms with Gasteiger partial charge in [0, 0.05) is 71.0 Å². The number of aromatic nitrogens is 2. The van der Waals surface area contributed by atoms with E-state index in [9.17, 15) is 19.2 Å². The monoisotopic (exact) mass is 569 g/mol. The summed E-state index contributed by atoms with van der Waals surface area (Å²) < 4.78 is 8.49. The van der Waals surface area contributed by atoms with Crippen LogP contribution in [0.3, 0.4) is 0 Å². The van der Waals surface area contributed by atoms with Crippen LogP contribution < -0.4 is 11.0 Å². The van der Waals surface area contributed by atoms with E-state index in [0.29, 0.717) is 50.4 Å². The zero-order chi connectivity index (χ0) is 29.3. The number of hydrogen-bond acceptors (Lipinski definition) is 6. The second-order valence-corrected chi connectivity index (χ2v) is 11.9. The molecule has 1 unspecified atom stereocenters. The number of urea groups is 1. The van der Waals surface area contributed by atoms with Crippen molar-refractivity contribution in [2.24, 2.45) is 0 Å². The third-order valence-corrected chi connectivity index (χ3v) is 8.69. The molecule has 2 bridgehead atoms. The number of nitrogens with one attached hydrogen (secondary N) is 1. The van der Waals surface area contributed by atoms with Crippen LogP contribution in [0.5, 0.6) is 0 Å². The number of ether oxygens (including phenoxy) is 1. The van der Waals surface area contributed by atoms with E-state index in [1.165, 1.54) is 4.57 Å². The third kappa shape index (κ3) is 5.93. The molecule has 3 saturated heterocycles. The fourth-order valence-corrected chi connectivity index (χ4v) is 6.72. The van der Waals surface area contributed by atoms with Gasteiger partial charge in [0.15, 0.2) is 0 Å². The number of nitrogens with zero attached hydrogens (tertiary/aromatic N) is 6. The Hall–Kier alpha value is -3.54. The first-order valence-electron chi connectivity index (χ1n) is 14.8. The molecule has 41 heavy (non-hydrogen) atoms. The number of carbonyl (C=O) groups excluding carboxylic acids is 3. The van der Waals surface area contributed by atoms with Crippen molar-refractivity contribution in [3.8, 4) is 0 Å². The van der Waals surface area contributed by atoms with Gasteiger partial charge in [-0.05, 0) is 58.1 Å². The minimum absolute atomic E-state index is 0.0141. The van der Waals surface area contributed by atoms with Gasteiger partial charge in [0.2, 0.25) is 0 Å². The topological polar surface area (TPSA) is 112 Å². The molecule has 0 saturated carbocycles. The Kier molecular flexibility index (Phi) is 8.58. The summed E-state index contributed by atoms with van der Waals surface area (Å²) in [6.45, 7) is 7.06. The van der Waals surface area contributed by atoms with Crippen molar-refractivity contribution >= 4 is 29.2 Å². The van der Waals surface area contributed by atoms with Crippen LogP contribution in [0.15, 0.2) is 29.1 Å². The van der Waals surface area contributed by atoms with Crippen molar-refractivity contribution in [3.05, 3.63) is 34.7 Å². The van der Waals surface area contributed by atoms with Crippen molar-refractivity contribution in [2.45, 2.75) is 70.1 Å². The van der Waals surface area contributed by atoms with Gasteiger partial charge >= 0.3 is 23.8 Å². The lowest BCUT2D eigenvalue weighted by Gasteiger charge is -2.39. The maximum absolute atomic E-state index is 13.3. The highest BCUT2D eigenvalue weighted by molar-refractivity contribution is 5.89. The number of fused-ring (bicyclic) bond motifs is 3. The van der Waals surface area contributed by atoms with Crippen LogP contribution in [0.2, 0.25) is 0 Å². The number of benzene rings is 1. The molecule has 3 fully saturated rings. The average molecular weight is 570 g/mol. The largest absolute Gasteiger partial charge is 0.449 e. The van der Waals surface area contributed by atoms with Crippen molar-refractivity contribution in [3.63, 3.8) is 0 Å². The van der Waals surface area contributed by atoms with E-state index in [1.807, 2.05) is 38.1 Å². The summed E-state index contributed by atoms with van der Waals surface area (Å²) in [5, 5.41) is 3.16. The predicted octanol–water partition coefficient (Wildman–Crippen LogP) is 2.76. The van der Waals surface area contributed by atoms with Gasteiger partial charge in [0.1, 0.15) is 0 Å². The number of piperidine rings is 1. The predicted molar refractivity (Wildman–Crippen MR) is 155 cm³/mol. The van der Waals surface area contributed by atoms with Gasteiger partial charge < -0.3 is 24.8 Å². The van der Waals surface area contributed by atoms with Gasteiger partial charge in [-0.1, -0.05) is 12.1 Å². The number of piperazine rings is 1. The number of rotatable bonds is 6. The molecular formula is C29H43N7O5. The molecule has 3 atom stereocenters. The van der Waals surface area contributed by atoms with Crippen LogP contribution in [0.4, 0.5) is 14.4 Å². The van der Waals surface area contributed by atoms with Gasteiger partial charge in [-0.25, -0.2) is 23.7 Å². The maximum atomic E-state index is 13.3. The van der Waals surface area contributed by atoms with E-state index in [1.54, 1.807) is 33.4 Å². The fraction of sp³-hybridized carbons (Fsp3) is 0.655. The molecule has 3 aliphatic heterocycles. The van der Waals surface area contributed by atoms with Gasteiger partial charge in [0.05, 0.1) is 17.6 Å². The van der Waals surface area contributed by atoms with Crippen molar-refractivity contribution in [2.75, 3.05) is 53.4 Å². The smallest absolute Gasteiger partial charge is 0.409 e. The molecule has 0 radical (unpaired) electrons. The quantitative estimate of drug-likeness (QED) is 0.536. The summed E-state index contributed by atoms with van der Waals surface area (Å²) in [6.07, 6.45) is 4.28. The molecule has 0 aliphatic carbocycles. The zero-order valence-corrected chi connectivity index (χ0v) is 24.6. The first-order valence-corrected chi connectivity index (χ1v) is 14.8. The van der Waals surface area contributed by atoms with Crippen molar-refractivity contribution < 1.29 is 19.1 Å². The summed E-state index contributed by atoms with van der Waals surface area (Å²) in [7, 11) is 3.45. The molecule has 4 heterocycles. The van der Waals surface area contributed by atoms with E-state index in [4.69, 9.17) is 4.74 Å². The van der Waals surface area contributed by atoms with Crippen LogP contribution >= 0.6 is 0 Å². The highest BCUT2D eigenvalue weighted by Gasteiger charge is 2.41. The number of amides is 4. The standard InChI is InChI=1S/C29H43N7O5/c1-20(2)35-24-8-5-6-9-25(24)36(28(35)39)26(37)30-21-18-22-10-11-23(19-21)34(22)12-7-17-41-29(40)33-15-13-32(14-16-33)27(38)31(3)4/h5-6,8-9,20-23H,7,10-19H2,1-4H3,(H,30,37)/t21?,22-,23+. The Balaban J connectivity index is 1.08. The van der Waals surface area contributed by atoms with Crippen LogP contribution in [0.25, 0.3) is 11.0 Å². The highest BCUT2D eigenvalue weighted by Crippen LogP contribution is 2.36. The fourth-order valence-electron chi connectivity index (χ4n) is 6.72. The van der Waals surface area contributed by atoms with Gasteiger partial charge in [-0.15, -0.1) is 0 Å². The lowest BCUT2D eigenvalue weighted by molar-refractivity contribution is 0.0688. The second-order valence-electron chi connectivity index (χ2n) is 11.9. The van der Waals surface area contributed by atoms with E-state index >= 15 is 0 Å². The van der Waals surface area contributed by atoms with Gasteiger partial charge in [-0.2, -0.15) is 0 Å². The van der Waals surface area contributed by atoms with E-state index in [2.05, 4.69) is 10.2 Å². The molecule has 12 nitrogen and oxygen atoms in total. The first kappa shape index (κ1) is 29.0. The highest BCUT2D eigenvalue weighted by atomic mass is 16.6. The second kappa shape index (κ2) is 12.1. The Morgan fingerprint density at radius 2 is 1.59 bits per heavy atom. The van der Waals surface area contributed by atoms with Crippen LogP contribution in [0.1, 0.15) is 52.0 Å². The van der Waals surface area contributed by atoms with E-state index in [0.717, 1.165) is 44.2 Å². The summed E-state index contributed by atoms with van der Waals surface area (Å²) in [4.78, 5) is 58.6. The lowest BCUT2D eigenvalue weighted by Crippen LogP contribution is -2.53. The van der Waals surface area contributed by atoms with Gasteiger partial charge in [0.25, 0.3) is 0 Å². The first-order chi connectivity index (χ1) is 19.7. The zero-order valence-electron chi connectivity index (χ0n) is 24.6. The average Bonchev–Trinajstić information content (AvgIpc) is 3.38. The molecule has 1 N–H and O–H groups in total. The molecular weight excluding hydrogens is 526 g/mol. The Morgan fingerprint density at radius 1 is 0.976 bits per heavy atom. The molecule has 1 aromatic heterocycles. The molecule has 0 spiro atoms. The van der Waals surface area contributed by atoms with Crippen LogP contribution in [-0.4, -0.2) is 118 Å². The molecule has 2 aromatic rings. The third-order valence-electron chi connectivity index (χ3n) is 8.69. The van der Waals surface area contributed by atoms with Crippen LogP contribution in [-0.2, 0) is 4.74 Å².